The second kappa shape index (κ2) is 3.57. The molecule has 0 spiro atoms. The van der Waals surface area contributed by atoms with Crippen LogP contribution >= 0.6 is 0 Å². The molecule has 5 nitrogen and oxygen atoms in total. The van der Waals surface area contributed by atoms with E-state index in [0.29, 0.717) is 13.0 Å². The molecule has 2 saturated heterocycles. The van der Waals surface area contributed by atoms with Crippen LogP contribution in [0.25, 0.3) is 0 Å². The molecule has 0 bridgehead atoms. The van der Waals surface area contributed by atoms with E-state index in [2.05, 4.69) is 5.32 Å². The second-order valence-electron chi connectivity index (χ2n) is 3.89. The fourth-order valence-electron chi connectivity index (χ4n) is 2.04. The maximum Gasteiger partial charge on any atom is 0.240 e. The van der Waals surface area contributed by atoms with Crippen LogP contribution in [0.2, 0.25) is 0 Å². The van der Waals surface area contributed by atoms with Crippen LogP contribution < -0.4 is 11.1 Å². The Morgan fingerprint density at radius 3 is 2.57 bits per heavy atom. The summed E-state index contributed by atoms with van der Waals surface area (Å²) in [4.78, 5) is 24.3. The summed E-state index contributed by atoms with van der Waals surface area (Å²) < 4.78 is 0. The summed E-state index contributed by atoms with van der Waals surface area (Å²) in [7, 11) is 0. The van der Waals surface area contributed by atoms with Crippen LogP contribution in [0.1, 0.15) is 19.3 Å². The van der Waals surface area contributed by atoms with Crippen LogP contribution in [0.4, 0.5) is 0 Å². The topological polar surface area (TPSA) is 75.4 Å². The number of rotatable bonds is 2. The number of nitrogens with zero attached hydrogens (tertiary/aromatic N) is 1. The van der Waals surface area contributed by atoms with Gasteiger partial charge in [-0.05, 0) is 25.8 Å². The molecule has 0 aromatic carbocycles. The highest BCUT2D eigenvalue weighted by Crippen LogP contribution is 2.20. The normalized spacial score (nSPS) is 31.3. The van der Waals surface area contributed by atoms with Crippen molar-refractivity contribution in [2.24, 2.45) is 5.73 Å². The van der Waals surface area contributed by atoms with Gasteiger partial charge in [-0.15, -0.1) is 0 Å². The molecule has 2 rings (SSSR count). The van der Waals surface area contributed by atoms with Gasteiger partial charge in [-0.1, -0.05) is 0 Å². The summed E-state index contributed by atoms with van der Waals surface area (Å²) in [6.07, 6.45) is 2.63. The lowest BCUT2D eigenvalue weighted by Gasteiger charge is -2.40. The van der Waals surface area contributed by atoms with E-state index in [0.717, 1.165) is 19.4 Å². The van der Waals surface area contributed by atoms with E-state index in [4.69, 9.17) is 5.73 Å². The quantitative estimate of drug-likeness (QED) is 0.585. The van der Waals surface area contributed by atoms with Gasteiger partial charge in [-0.3, -0.25) is 9.59 Å². The maximum absolute atomic E-state index is 11.8. The number of amides is 2. The van der Waals surface area contributed by atoms with Gasteiger partial charge in [-0.2, -0.15) is 0 Å². The lowest BCUT2D eigenvalue weighted by molar-refractivity contribution is -0.147. The van der Waals surface area contributed by atoms with Gasteiger partial charge in [-0.25, -0.2) is 0 Å². The molecule has 0 aromatic rings. The summed E-state index contributed by atoms with van der Waals surface area (Å²) >= 11 is 0. The van der Waals surface area contributed by atoms with Gasteiger partial charge in [0.15, 0.2) is 0 Å². The van der Waals surface area contributed by atoms with Gasteiger partial charge in [0.2, 0.25) is 11.8 Å². The predicted molar refractivity (Wildman–Crippen MR) is 50.3 cm³/mol. The van der Waals surface area contributed by atoms with Gasteiger partial charge in [0, 0.05) is 6.54 Å². The predicted octanol–water partition coefficient (Wildman–Crippen LogP) is -1.18. The molecule has 0 radical (unpaired) electrons. The molecule has 2 aliphatic rings. The van der Waals surface area contributed by atoms with Gasteiger partial charge in [0.1, 0.15) is 6.04 Å². The minimum Gasteiger partial charge on any atom is -0.368 e. The molecule has 2 atom stereocenters. The summed E-state index contributed by atoms with van der Waals surface area (Å²) in [5.41, 5.74) is 5.17. The zero-order chi connectivity index (χ0) is 10.1. The largest absolute Gasteiger partial charge is 0.368 e. The summed E-state index contributed by atoms with van der Waals surface area (Å²) in [6.45, 7) is 1.57. The molecule has 2 aliphatic heterocycles. The number of hydrogen-bond acceptors (Lipinski definition) is 3. The van der Waals surface area contributed by atoms with Crippen LogP contribution in [0, 0.1) is 0 Å². The summed E-state index contributed by atoms with van der Waals surface area (Å²) in [5, 5.41) is 3.12. The molecule has 3 N–H and O–H groups in total. The fourth-order valence-corrected chi connectivity index (χ4v) is 2.04. The third-order valence-corrected chi connectivity index (χ3v) is 2.99. The van der Waals surface area contributed by atoms with Crippen molar-refractivity contribution in [2.45, 2.75) is 31.3 Å². The Labute approximate surface area is 82.6 Å². The molecule has 2 heterocycles. The first-order chi connectivity index (χ1) is 6.70. The smallest absolute Gasteiger partial charge is 0.240 e. The molecule has 14 heavy (non-hydrogen) atoms. The number of likely N-dealkylation sites (tertiary alicyclic amines) is 1. The van der Waals surface area contributed by atoms with E-state index in [1.54, 1.807) is 4.90 Å². The van der Waals surface area contributed by atoms with Crippen LogP contribution in [0.15, 0.2) is 0 Å². The SMILES string of the molecule is NC(=O)C1CCN1C(=O)[C@H]1CCCN1. The number of primary amides is 1. The highest BCUT2D eigenvalue weighted by molar-refractivity contribution is 5.90. The summed E-state index contributed by atoms with van der Waals surface area (Å²) in [6, 6.07) is -0.443. The Kier molecular flexibility index (Phi) is 2.41. The first kappa shape index (κ1) is 9.45. The lowest BCUT2D eigenvalue weighted by Crippen LogP contribution is -2.60. The van der Waals surface area contributed by atoms with Crippen molar-refractivity contribution >= 4 is 11.8 Å². The zero-order valence-corrected chi connectivity index (χ0v) is 8.03. The van der Waals surface area contributed by atoms with E-state index in [1.165, 1.54) is 0 Å². The molecule has 2 fully saturated rings. The molecule has 5 heteroatoms. The molecule has 0 aliphatic carbocycles. The van der Waals surface area contributed by atoms with Crippen molar-refractivity contribution < 1.29 is 9.59 Å². The van der Waals surface area contributed by atoms with Gasteiger partial charge >= 0.3 is 0 Å². The first-order valence-corrected chi connectivity index (χ1v) is 5.03. The van der Waals surface area contributed by atoms with Crippen molar-refractivity contribution in [2.75, 3.05) is 13.1 Å². The Morgan fingerprint density at radius 1 is 1.36 bits per heavy atom. The highest BCUT2D eigenvalue weighted by atomic mass is 16.2. The lowest BCUT2D eigenvalue weighted by atomic mass is 10.0. The zero-order valence-electron chi connectivity index (χ0n) is 8.03. The number of hydrogen-bond donors (Lipinski definition) is 2. The molecular formula is C9H15N3O2. The van der Waals surface area contributed by atoms with Gasteiger partial charge in [0.25, 0.3) is 0 Å². The standard InChI is InChI=1S/C9H15N3O2/c10-8(13)7-3-5-12(7)9(14)6-2-1-4-11-6/h6-7,11H,1-5H2,(H2,10,13)/t6-,7?/m1/s1. The number of nitrogens with one attached hydrogen (secondary N) is 1. The highest BCUT2D eigenvalue weighted by Gasteiger charge is 2.39. The maximum atomic E-state index is 11.8. The van der Waals surface area contributed by atoms with E-state index in [9.17, 15) is 9.59 Å². The number of carbonyl (C=O) groups excluding carboxylic acids is 2. The Morgan fingerprint density at radius 2 is 2.14 bits per heavy atom. The Hall–Kier alpha value is -1.10. The third kappa shape index (κ3) is 1.48. The van der Waals surface area contributed by atoms with Crippen LogP contribution in [0.5, 0.6) is 0 Å². The molecule has 0 saturated carbocycles. The van der Waals surface area contributed by atoms with Crippen molar-refractivity contribution in [3.8, 4) is 0 Å². The van der Waals surface area contributed by atoms with E-state index in [1.807, 2.05) is 0 Å². The average molecular weight is 197 g/mol. The number of nitrogens with two attached hydrogens (primary N) is 1. The van der Waals surface area contributed by atoms with Crippen molar-refractivity contribution in [3.05, 3.63) is 0 Å². The fraction of sp³-hybridized carbons (Fsp3) is 0.778. The van der Waals surface area contributed by atoms with E-state index < -0.39 is 0 Å². The first-order valence-electron chi connectivity index (χ1n) is 5.03. The van der Waals surface area contributed by atoms with E-state index in [-0.39, 0.29) is 23.9 Å². The second-order valence-corrected chi connectivity index (χ2v) is 3.89. The molecule has 1 unspecified atom stereocenters. The average Bonchev–Trinajstić information content (AvgIpc) is 2.51. The Bertz CT molecular complexity index is 261. The van der Waals surface area contributed by atoms with Crippen LogP contribution in [0.3, 0.4) is 0 Å². The van der Waals surface area contributed by atoms with Crippen molar-refractivity contribution in [3.63, 3.8) is 0 Å². The summed E-state index contributed by atoms with van der Waals surface area (Å²) in [5.74, 6) is -0.347. The molecule has 78 valence electrons. The minimum absolute atomic E-state index is 0.0394. The number of carbonyl (C=O) groups is 2. The molecule has 2 amide bonds. The minimum atomic E-state index is -0.386. The van der Waals surface area contributed by atoms with Crippen molar-refractivity contribution in [1.82, 2.24) is 10.2 Å². The third-order valence-electron chi connectivity index (χ3n) is 2.99. The van der Waals surface area contributed by atoms with E-state index >= 15 is 0 Å². The monoisotopic (exact) mass is 197 g/mol. The van der Waals surface area contributed by atoms with Gasteiger partial charge < -0.3 is 16.0 Å². The van der Waals surface area contributed by atoms with Crippen LogP contribution in [-0.2, 0) is 9.59 Å². The van der Waals surface area contributed by atoms with Crippen LogP contribution in [-0.4, -0.2) is 41.9 Å². The molecular weight excluding hydrogens is 182 g/mol. The van der Waals surface area contributed by atoms with Gasteiger partial charge in [0.05, 0.1) is 6.04 Å². The molecule has 0 aromatic heterocycles. The van der Waals surface area contributed by atoms with Crippen molar-refractivity contribution in [1.29, 1.82) is 0 Å². The Balaban J connectivity index is 1.94.